The number of hydrogen-bond acceptors (Lipinski definition) is 4. The number of benzene rings is 1. The Morgan fingerprint density at radius 1 is 1.17 bits per heavy atom. The number of hydrogen-bond donors (Lipinski definition) is 0. The summed E-state index contributed by atoms with van der Waals surface area (Å²) in [5.74, 6) is 0.976. The number of carbonyl (C=O) groups excluding carboxylic acids is 2. The van der Waals surface area contributed by atoms with Crippen LogP contribution in [0, 0.1) is 11.8 Å². The van der Waals surface area contributed by atoms with Crippen molar-refractivity contribution in [3.8, 4) is 0 Å². The molecule has 2 rings (SSSR count). The number of esters is 1. The lowest BCUT2D eigenvalue weighted by Gasteiger charge is -2.29. The van der Waals surface area contributed by atoms with Crippen LogP contribution in [0.25, 0.3) is 0 Å². The summed E-state index contributed by atoms with van der Waals surface area (Å²) in [6, 6.07) is 8.68. The van der Waals surface area contributed by atoms with E-state index in [1.165, 1.54) is 0 Å². The Labute approximate surface area is 148 Å². The zero-order valence-corrected chi connectivity index (χ0v) is 15.7. The third-order valence-corrected chi connectivity index (χ3v) is 5.16. The lowest BCUT2D eigenvalue weighted by atomic mass is 10.1. The minimum Gasteiger partial charge on any atom is -0.464 e. The Balaban J connectivity index is 2.20. The van der Waals surface area contributed by atoms with E-state index >= 15 is 0 Å². The topological polar surface area (TPSA) is 46.6 Å². The molecule has 4 nitrogen and oxygen atoms in total. The molecule has 0 radical (unpaired) electrons. The van der Waals surface area contributed by atoms with Gasteiger partial charge in [-0.15, -0.1) is 11.8 Å². The lowest BCUT2D eigenvalue weighted by Crippen LogP contribution is -2.46. The van der Waals surface area contributed by atoms with E-state index in [-0.39, 0.29) is 23.2 Å². The molecule has 0 aliphatic carbocycles. The first kappa shape index (κ1) is 18.8. The van der Waals surface area contributed by atoms with Gasteiger partial charge in [0.05, 0.1) is 12.0 Å². The molecule has 1 saturated heterocycles. The second-order valence-corrected chi connectivity index (χ2v) is 8.25. The van der Waals surface area contributed by atoms with Crippen molar-refractivity contribution in [2.24, 2.45) is 11.8 Å². The van der Waals surface area contributed by atoms with Gasteiger partial charge in [0, 0.05) is 11.3 Å². The average Bonchev–Trinajstić information content (AvgIpc) is 2.95. The van der Waals surface area contributed by atoms with Gasteiger partial charge in [-0.2, -0.15) is 0 Å². The monoisotopic (exact) mass is 349 g/mol. The van der Waals surface area contributed by atoms with Gasteiger partial charge in [-0.1, -0.05) is 45.9 Å². The van der Waals surface area contributed by atoms with E-state index in [2.05, 4.69) is 13.8 Å². The molecule has 5 heteroatoms. The van der Waals surface area contributed by atoms with E-state index in [0.717, 1.165) is 6.42 Å². The highest BCUT2D eigenvalue weighted by molar-refractivity contribution is 8.00. The predicted molar refractivity (Wildman–Crippen MR) is 97.9 cm³/mol. The lowest BCUT2D eigenvalue weighted by molar-refractivity contribution is -0.149. The minimum absolute atomic E-state index is 0.0225. The van der Waals surface area contributed by atoms with E-state index in [0.29, 0.717) is 23.8 Å². The van der Waals surface area contributed by atoms with Gasteiger partial charge in [0.25, 0.3) is 5.91 Å². The van der Waals surface area contributed by atoms with Crippen LogP contribution in [0.2, 0.25) is 0 Å². The van der Waals surface area contributed by atoms with E-state index < -0.39 is 6.04 Å². The van der Waals surface area contributed by atoms with Gasteiger partial charge in [-0.05, 0) is 30.4 Å². The molecule has 1 aromatic carbocycles. The van der Waals surface area contributed by atoms with Crippen molar-refractivity contribution in [1.82, 2.24) is 4.90 Å². The third-order valence-electron chi connectivity index (χ3n) is 3.85. The minimum atomic E-state index is -0.495. The standard InChI is InChI=1S/C19H27NO3S/c1-13(2)10-17-20(18(21)15-8-6-5-7-9-15)16(12-24-17)19(22)23-11-14(3)4/h5-9,13-14,16-17H,10-12H2,1-4H3. The Kier molecular flexibility index (Phi) is 6.72. The van der Waals surface area contributed by atoms with Crippen LogP contribution in [0.4, 0.5) is 0 Å². The summed E-state index contributed by atoms with van der Waals surface area (Å²) < 4.78 is 5.41. The highest BCUT2D eigenvalue weighted by atomic mass is 32.2. The second-order valence-electron chi connectivity index (χ2n) is 7.04. The van der Waals surface area contributed by atoms with E-state index in [4.69, 9.17) is 4.74 Å². The fourth-order valence-electron chi connectivity index (χ4n) is 2.68. The van der Waals surface area contributed by atoms with Crippen molar-refractivity contribution < 1.29 is 14.3 Å². The SMILES string of the molecule is CC(C)COC(=O)C1CSC(CC(C)C)N1C(=O)c1ccccc1. The number of amides is 1. The van der Waals surface area contributed by atoms with Crippen LogP contribution in [0.5, 0.6) is 0 Å². The molecule has 2 unspecified atom stereocenters. The summed E-state index contributed by atoms with van der Waals surface area (Å²) in [5, 5.41) is 0.0225. The molecule has 1 aliphatic heterocycles. The first-order valence-corrected chi connectivity index (χ1v) is 9.61. The molecule has 0 aromatic heterocycles. The van der Waals surface area contributed by atoms with Crippen LogP contribution in [-0.2, 0) is 9.53 Å². The largest absolute Gasteiger partial charge is 0.464 e. The molecule has 0 spiro atoms. The van der Waals surface area contributed by atoms with Crippen LogP contribution in [0.3, 0.4) is 0 Å². The highest BCUT2D eigenvalue weighted by Gasteiger charge is 2.42. The normalized spacial score (nSPS) is 20.7. The number of rotatable bonds is 6. The molecule has 1 aliphatic rings. The van der Waals surface area contributed by atoms with Crippen LogP contribution in [-0.4, -0.2) is 40.6 Å². The Morgan fingerprint density at radius 2 is 1.83 bits per heavy atom. The van der Waals surface area contributed by atoms with E-state index in [9.17, 15) is 9.59 Å². The average molecular weight is 349 g/mol. The van der Waals surface area contributed by atoms with Crippen LogP contribution < -0.4 is 0 Å². The van der Waals surface area contributed by atoms with Crippen molar-refractivity contribution in [1.29, 1.82) is 0 Å². The summed E-state index contributed by atoms with van der Waals surface area (Å²) in [6.45, 7) is 8.67. The van der Waals surface area contributed by atoms with Gasteiger partial charge in [-0.25, -0.2) is 4.79 Å². The molecule has 2 atom stereocenters. The zero-order chi connectivity index (χ0) is 17.7. The molecule has 1 heterocycles. The van der Waals surface area contributed by atoms with Crippen LogP contribution in [0.1, 0.15) is 44.5 Å². The fourth-order valence-corrected chi connectivity index (χ4v) is 4.30. The Bertz CT molecular complexity index is 559. The molecular weight excluding hydrogens is 322 g/mol. The summed E-state index contributed by atoms with van der Waals surface area (Å²) in [4.78, 5) is 27.2. The summed E-state index contributed by atoms with van der Waals surface area (Å²) in [6.07, 6.45) is 0.872. The van der Waals surface area contributed by atoms with Crippen molar-refractivity contribution >= 4 is 23.6 Å². The fraction of sp³-hybridized carbons (Fsp3) is 0.579. The van der Waals surface area contributed by atoms with Gasteiger partial charge in [0.15, 0.2) is 0 Å². The van der Waals surface area contributed by atoms with Gasteiger partial charge in [0.1, 0.15) is 6.04 Å². The summed E-state index contributed by atoms with van der Waals surface area (Å²) >= 11 is 1.68. The highest BCUT2D eigenvalue weighted by Crippen LogP contribution is 2.35. The third kappa shape index (κ3) is 4.76. The Morgan fingerprint density at radius 3 is 2.42 bits per heavy atom. The maximum Gasteiger partial charge on any atom is 0.329 e. The smallest absolute Gasteiger partial charge is 0.329 e. The first-order valence-electron chi connectivity index (χ1n) is 8.56. The number of thioether (sulfide) groups is 1. The molecule has 0 N–H and O–H groups in total. The van der Waals surface area contributed by atoms with Crippen molar-refractivity contribution in [2.45, 2.75) is 45.5 Å². The molecule has 0 saturated carbocycles. The zero-order valence-electron chi connectivity index (χ0n) is 14.9. The molecule has 24 heavy (non-hydrogen) atoms. The maximum absolute atomic E-state index is 13.0. The van der Waals surface area contributed by atoms with Gasteiger partial charge < -0.3 is 9.64 Å². The quantitative estimate of drug-likeness (QED) is 0.733. The van der Waals surface area contributed by atoms with Crippen LogP contribution >= 0.6 is 11.8 Å². The van der Waals surface area contributed by atoms with E-state index in [1.54, 1.807) is 28.8 Å². The van der Waals surface area contributed by atoms with Gasteiger partial charge in [-0.3, -0.25) is 4.79 Å². The Hall–Kier alpha value is -1.49. The van der Waals surface area contributed by atoms with Gasteiger partial charge in [0.2, 0.25) is 0 Å². The molecule has 1 fully saturated rings. The summed E-state index contributed by atoms with van der Waals surface area (Å²) in [5.41, 5.74) is 0.621. The van der Waals surface area contributed by atoms with Crippen molar-refractivity contribution in [2.75, 3.05) is 12.4 Å². The molecule has 1 amide bonds. The summed E-state index contributed by atoms with van der Waals surface area (Å²) in [7, 11) is 0. The maximum atomic E-state index is 13.0. The van der Waals surface area contributed by atoms with Crippen molar-refractivity contribution in [3.63, 3.8) is 0 Å². The number of carbonyl (C=O) groups is 2. The number of ether oxygens (including phenoxy) is 1. The predicted octanol–water partition coefficient (Wildman–Crippen LogP) is 3.82. The first-order chi connectivity index (χ1) is 11.4. The molecule has 132 valence electrons. The molecule has 0 bridgehead atoms. The number of nitrogens with zero attached hydrogens (tertiary/aromatic N) is 1. The van der Waals surface area contributed by atoms with Crippen molar-refractivity contribution in [3.05, 3.63) is 35.9 Å². The second kappa shape index (κ2) is 8.56. The van der Waals surface area contributed by atoms with Crippen LogP contribution in [0.15, 0.2) is 30.3 Å². The van der Waals surface area contributed by atoms with Gasteiger partial charge >= 0.3 is 5.97 Å². The van der Waals surface area contributed by atoms with E-state index in [1.807, 2.05) is 32.0 Å². The molecule has 1 aromatic rings. The molecular formula is C19H27NO3S.